The van der Waals surface area contributed by atoms with E-state index >= 15 is 0 Å². The number of rotatable bonds is 3. The van der Waals surface area contributed by atoms with Crippen molar-refractivity contribution in [1.82, 2.24) is 0 Å². The molecule has 0 aromatic heterocycles. The number of piperazine rings is 1. The molecule has 27 heavy (non-hydrogen) atoms. The Bertz CT molecular complexity index is 863. The maximum absolute atomic E-state index is 13.1. The molecule has 1 atom stereocenters. The maximum atomic E-state index is 13.1. The molecule has 2 aromatic rings. The lowest BCUT2D eigenvalue weighted by Crippen LogP contribution is -3.19. The Morgan fingerprint density at radius 3 is 2.41 bits per heavy atom. The van der Waals surface area contributed by atoms with E-state index < -0.39 is 0 Å². The topological polar surface area (TPSA) is 45.1 Å². The molecule has 2 saturated heterocycles. The fraction of sp³-hybridized carbons (Fsp3) is 0.333. The highest BCUT2D eigenvalue weighted by Crippen LogP contribution is 2.30. The predicted molar refractivity (Wildman–Crippen MR) is 106 cm³/mol. The third-order valence-corrected chi connectivity index (χ3v) is 6.06. The zero-order valence-corrected chi connectivity index (χ0v) is 16.1. The Morgan fingerprint density at radius 1 is 1.00 bits per heavy atom. The van der Waals surface area contributed by atoms with Gasteiger partial charge in [0.15, 0.2) is 6.04 Å². The van der Waals surface area contributed by atoms with Crippen molar-refractivity contribution in [3.8, 4) is 0 Å². The van der Waals surface area contributed by atoms with Crippen LogP contribution in [0.4, 0.5) is 11.4 Å². The Labute approximate surface area is 164 Å². The van der Waals surface area contributed by atoms with Crippen LogP contribution in [0.2, 0.25) is 5.02 Å². The average Bonchev–Trinajstić information content (AvgIpc) is 2.99. The summed E-state index contributed by atoms with van der Waals surface area (Å²) < 4.78 is 0. The summed E-state index contributed by atoms with van der Waals surface area (Å²) >= 11 is 6.19. The van der Waals surface area contributed by atoms with Crippen molar-refractivity contribution < 1.29 is 14.5 Å². The van der Waals surface area contributed by atoms with Gasteiger partial charge in [-0.15, -0.1) is 0 Å². The highest BCUT2D eigenvalue weighted by atomic mass is 35.5. The highest BCUT2D eigenvalue weighted by Gasteiger charge is 2.46. The molecule has 5 nitrogen and oxygen atoms in total. The molecule has 140 valence electrons. The van der Waals surface area contributed by atoms with Gasteiger partial charge in [-0.1, -0.05) is 35.9 Å². The number of benzene rings is 2. The van der Waals surface area contributed by atoms with Crippen molar-refractivity contribution in [2.45, 2.75) is 19.4 Å². The van der Waals surface area contributed by atoms with Crippen LogP contribution in [0.3, 0.4) is 0 Å². The van der Waals surface area contributed by atoms with Gasteiger partial charge < -0.3 is 9.80 Å². The lowest BCUT2D eigenvalue weighted by molar-refractivity contribution is -0.915. The monoisotopic (exact) mass is 384 g/mol. The number of nitrogens with one attached hydrogen (secondary N) is 1. The number of imide groups is 1. The molecule has 2 amide bonds. The Balaban J connectivity index is 1.48. The fourth-order valence-corrected chi connectivity index (χ4v) is 4.25. The SMILES string of the molecule is Cc1c(Cl)cccc1N1C(=O)C[C@H]([NH+]2CCN(c3ccccc3)CC2)C1=O. The minimum Gasteiger partial charge on any atom is -0.360 e. The van der Waals surface area contributed by atoms with Crippen LogP contribution in [-0.2, 0) is 9.59 Å². The number of carbonyl (C=O) groups excluding carboxylic acids is 2. The van der Waals surface area contributed by atoms with Gasteiger partial charge in [0.2, 0.25) is 5.91 Å². The zero-order valence-electron chi connectivity index (χ0n) is 15.3. The van der Waals surface area contributed by atoms with E-state index in [-0.39, 0.29) is 24.3 Å². The van der Waals surface area contributed by atoms with E-state index in [2.05, 4.69) is 17.0 Å². The van der Waals surface area contributed by atoms with Crippen molar-refractivity contribution in [2.75, 3.05) is 36.0 Å². The standard InChI is InChI=1S/C21H22ClN3O2/c1-15-17(22)8-5-9-18(15)25-20(26)14-19(21(25)27)24-12-10-23(11-13-24)16-6-3-2-4-7-16/h2-9,19H,10-14H2,1H3/p+1/t19-/m0/s1. The minimum absolute atomic E-state index is 0.103. The number of quaternary nitrogens is 1. The fourth-order valence-electron chi connectivity index (χ4n) is 4.08. The average molecular weight is 385 g/mol. The van der Waals surface area contributed by atoms with Crippen molar-refractivity contribution in [3.63, 3.8) is 0 Å². The number of nitrogens with zero attached hydrogens (tertiary/aromatic N) is 2. The van der Waals surface area contributed by atoms with Crippen LogP contribution < -0.4 is 14.7 Å². The lowest BCUT2D eigenvalue weighted by atomic mass is 10.1. The predicted octanol–water partition coefficient (Wildman–Crippen LogP) is 1.69. The quantitative estimate of drug-likeness (QED) is 0.819. The number of carbonyl (C=O) groups is 2. The lowest BCUT2D eigenvalue weighted by Gasteiger charge is -2.35. The summed E-state index contributed by atoms with van der Waals surface area (Å²) in [6, 6.07) is 15.4. The van der Waals surface area contributed by atoms with E-state index in [1.165, 1.54) is 15.5 Å². The molecular formula is C21H23ClN3O2+. The Kier molecular flexibility index (Phi) is 4.89. The van der Waals surface area contributed by atoms with Gasteiger partial charge in [-0.3, -0.25) is 9.59 Å². The van der Waals surface area contributed by atoms with Crippen molar-refractivity contribution in [1.29, 1.82) is 0 Å². The second-order valence-electron chi connectivity index (χ2n) is 7.19. The third-order valence-electron chi connectivity index (χ3n) is 5.65. The molecule has 4 rings (SSSR count). The molecule has 1 N–H and O–H groups in total. The molecule has 2 heterocycles. The van der Waals surface area contributed by atoms with Gasteiger partial charge in [-0.25, -0.2) is 4.90 Å². The van der Waals surface area contributed by atoms with Crippen LogP contribution >= 0.6 is 11.6 Å². The smallest absolute Gasteiger partial charge is 0.292 e. The third kappa shape index (κ3) is 3.33. The Morgan fingerprint density at radius 2 is 1.70 bits per heavy atom. The summed E-state index contributed by atoms with van der Waals surface area (Å²) in [5, 5.41) is 0.570. The maximum Gasteiger partial charge on any atom is 0.292 e. The number of hydrogen-bond acceptors (Lipinski definition) is 3. The highest BCUT2D eigenvalue weighted by molar-refractivity contribution is 6.32. The van der Waals surface area contributed by atoms with Crippen molar-refractivity contribution >= 4 is 34.8 Å². The molecule has 2 aliphatic heterocycles. The molecule has 0 spiro atoms. The normalized spacial score (nSPS) is 21.2. The number of halogens is 1. The van der Waals surface area contributed by atoms with Gasteiger partial charge in [-0.2, -0.15) is 0 Å². The van der Waals surface area contributed by atoms with E-state index in [1.807, 2.05) is 25.1 Å². The van der Waals surface area contributed by atoms with Crippen LogP contribution in [0.25, 0.3) is 0 Å². The van der Waals surface area contributed by atoms with E-state index in [1.54, 1.807) is 18.2 Å². The van der Waals surface area contributed by atoms with Gasteiger partial charge in [0.25, 0.3) is 5.91 Å². The largest absolute Gasteiger partial charge is 0.360 e. The van der Waals surface area contributed by atoms with Crippen LogP contribution in [0.1, 0.15) is 12.0 Å². The molecule has 0 saturated carbocycles. The summed E-state index contributed by atoms with van der Waals surface area (Å²) in [5.41, 5.74) is 2.59. The number of para-hydroxylation sites is 1. The first-order valence-electron chi connectivity index (χ1n) is 9.33. The van der Waals surface area contributed by atoms with E-state index in [0.29, 0.717) is 10.7 Å². The van der Waals surface area contributed by atoms with Crippen LogP contribution in [0, 0.1) is 6.92 Å². The molecule has 6 heteroatoms. The number of anilines is 2. The molecule has 2 aromatic carbocycles. The first kappa shape index (κ1) is 18.0. The van der Waals surface area contributed by atoms with E-state index in [9.17, 15) is 9.59 Å². The first-order chi connectivity index (χ1) is 13.1. The number of amides is 2. The van der Waals surface area contributed by atoms with Crippen LogP contribution in [-0.4, -0.2) is 44.0 Å². The Hall–Kier alpha value is -2.37. The molecular weight excluding hydrogens is 362 g/mol. The summed E-state index contributed by atoms with van der Waals surface area (Å²) in [7, 11) is 0. The first-order valence-corrected chi connectivity index (χ1v) is 9.70. The molecule has 0 aliphatic carbocycles. The second kappa shape index (κ2) is 7.33. The second-order valence-corrected chi connectivity index (χ2v) is 7.60. The number of hydrogen-bond donors (Lipinski definition) is 1. The zero-order chi connectivity index (χ0) is 19.0. The molecule has 0 bridgehead atoms. The van der Waals surface area contributed by atoms with Crippen LogP contribution in [0.5, 0.6) is 0 Å². The summed E-state index contributed by atoms with van der Waals surface area (Å²) in [4.78, 5) is 30.6. The van der Waals surface area contributed by atoms with Gasteiger partial charge in [0.1, 0.15) is 0 Å². The summed E-state index contributed by atoms with van der Waals surface area (Å²) in [5.74, 6) is -0.234. The summed E-state index contributed by atoms with van der Waals surface area (Å²) in [6.45, 7) is 5.31. The molecule has 2 aliphatic rings. The molecule has 2 fully saturated rings. The van der Waals surface area contributed by atoms with Gasteiger partial charge in [0.05, 0.1) is 38.3 Å². The van der Waals surface area contributed by atoms with E-state index in [4.69, 9.17) is 11.6 Å². The van der Waals surface area contributed by atoms with Gasteiger partial charge >= 0.3 is 0 Å². The van der Waals surface area contributed by atoms with E-state index in [0.717, 1.165) is 31.7 Å². The van der Waals surface area contributed by atoms with Crippen molar-refractivity contribution in [2.24, 2.45) is 0 Å². The van der Waals surface area contributed by atoms with Crippen molar-refractivity contribution in [3.05, 3.63) is 59.1 Å². The molecule has 0 unspecified atom stereocenters. The van der Waals surface area contributed by atoms with Gasteiger partial charge in [-0.05, 0) is 36.8 Å². The van der Waals surface area contributed by atoms with Crippen LogP contribution in [0.15, 0.2) is 48.5 Å². The molecule has 0 radical (unpaired) electrons. The van der Waals surface area contributed by atoms with Gasteiger partial charge in [0, 0.05) is 10.7 Å². The minimum atomic E-state index is -0.297. The summed E-state index contributed by atoms with van der Waals surface area (Å²) in [6.07, 6.45) is 0.269.